The summed E-state index contributed by atoms with van der Waals surface area (Å²) in [5.74, 6) is 3.05. The van der Waals surface area contributed by atoms with Crippen LogP contribution in [-0.2, 0) is 18.0 Å². The molecule has 9 aromatic rings. The second-order valence-corrected chi connectivity index (χ2v) is 14.2. The van der Waals surface area contributed by atoms with Gasteiger partial charge in [0.25, 0.3) is 0 Å². The number of ether oxygens (including phenoxy) is 5. The zero-order valence-electron chi connectivity index (χ0n) is 31.3. The molecule has 6 heteroatoms. The summed E-state index contributed by atoms with van der Waals surface area (Å²) < 4.78 is 32.6. The van der Waals surface area contributed by atoms with Gasteiger partial charge in [-0.25, -0.2) is 0 Å². The summed E-state index contributed by atoms with van der Waals surface area (Å²) in [5, 5.41) is 8.81. The summed E-state index contributed by atoms with van der Waals surface area (Å²) in [5.41, 5.74) is 5.62. The van der Waals surface area contributed by atoms with E-state index in [0.717, 1.165) is 99.7 Å². The van der Waals surface area contributed by atoms with Crippen molar-refractivity contribution in [1.29, 1.82) is 0 Å². The molecule has 0 atom stereocenters. The van der Waals surface area contributed by atoms with Crippen LogP contribution in [0.4, 0.5) is 0 Å². The average Bonchev–Trinajstić information content (AvgIpc) is 3.26. The number of hydrogen-bond acceptors (Lipinski definition) is 6. The maximum absolute atomic E-state index is 6.72. The standard InChI is InChI=1S/C51H39NO5/c1-6-17-42-34(10-1)20-23-46-49(42)45-31-40(30-37-13-4-5-16-41(37)45)56-32-38-14-9-15-39(52-38)33-57-48-25-22-36-12-3-8-19-44(36)51(48)50-43-18-7-2-11-35(43)21-24-47(50)55-29-27-53-26-28-54-46/h1-25,30-31H,26-29,32-33H2. The van der Waals surface area contributed by atoms with Gasteiger partial charge in [-0.2, -0.15) is 0 Å². The second-order valence-electron chi connectivity index (χ2n) is 14.2. The molecule has 10 rings (SSSR count). The predicted octanol–water partition coefficient (Wildman–Crippen LogP) is 12.0. The summed E-state index contributed by atoms with van der Waals surface area (Å²) in [7, 11) is 0. The number of hydrogen-bond donors (Lipinski definition) is 0. The SMILES string of the molecule is c1cc2nc(c1)COc1ccc3ccccc3c1-c1c(ccc3ccccc13)OCCOCCOc1ccc3ccccc3c1-c1cc(cc3ccccc13)OC2. The Bertz CT molecular complexity index is 2920. The molecule has 278 valence electrons. The van der Waals surface area contributed by atoms with Gasteiger partial charge in [-0.15, -0.1) is 0 Å². The summed E-state index contributed by atoms with van der Waals surface area (Å²) in [4.78, 5) is 5.00. The smallest absolute Gasteiger partial charge is 0.130 e. The van der Waals surface area contributed by atoms with Crippen molar-refractivity contribution >= 4 is 43.1 Å². The van der Waals surface area contributed by atoms with Gasteiger partial charge in [0.2, 0.25) is 0 Å². The lowest BCUT2D eigenvalue weighted by molar-refractivity contribution is 0.0767. The Hall–Kier alpha value is -6.89. The number of fused-ring (bicyclic) bond motifs is 17. The molecular formula is C51H39NO5. The van der Waals surface area contributed by atoms with E-state index in [4.69, 9.17) is 28.7 Å². The molecule has 0 saturated heterocycles. The van der Waals surface area contributed by atoms with Crippen molar-refractivity contribution in [2.45, 2.75) is 13.2 Å². The molecule has 0 amide bonds. The van der Waals surface area contributed by atoms with Crippen LogP contribution in [0.1, 0.15) is 11.4 Å². The van der Waals surface area contributed by atoms with E-state index in [-0.39, 0.29) is 6.61 Å². The molecule has 4 bridgehead atoms. The van der Waals surface area contributed by atoms with Crippen molar-refractivity contribution in [3.05, 3.63) is 175 Å². The van der Waals surface area contributed by atoms with E-state index in [0.29, 0.717) is 33.0 Å². The number of nitrogens with zero attached hydrogens (tertiary/aromatic N) is 1. The fraction of sp³-hybridized carbons (Fsp3) is 0.118. The minimum absolute atomic E-state index is 0.276. The summed E-state index contributed by atoms with van der Waals surface area (Å²) in [6.07, 6.45) is 0. The quantitative estimate of drug-likeness (QED) is 0.154. The van der Waals surface area contributed by atoms with Gasteiger partial charge < -0.3 is 23.7 Å². The first-order valence-electron chi connectivity index (χ1n) is 19.4. The highest BCUT2D eigenvalue weighted by Gasteiger charge is 2.20. The molecule has 2 heterocycles. The minimum atomic E-state index is 0.276. The Morgan fingerprint density at radius 3 is 1.42 bits per heavy atom. The summed E-state index contributed by atoms with van der Waals surface area (Å²) in [6.45, 7) is 2.10. The van der Waals surface area contributed by atoms with Crippen LogP contribution in [0.15, 0.2) is 164 Å². The van der Waals surface area contributed by atoms with Gasteiger partial charge in [0.15, 0.2) is 0 Å². The first kappa shape index (κ1) is 34.6. The third kappa shape index (κ3) is 6.85. The normalized spacial score (nSPS) is 13.7. The number of aromatic nitrogens is 1. The molecule has 0 saturated carbocycles. The van der Waals surface area contributed by atoms with Gasteiger partial charge in [0.1, 0.15) is 49.4 Å². The Labute approximate surface area is 330 Å². The Kier molecular flexibility index (Phi) is 9.30. The highest BCUT2D eigenvalue weighted by molar-refractivity contribution is 6.10. The van der Waals surface area contributed by atoms with E-state index < -0.39 is 0 Å². The van der Waals surface area contributed by atoms with Crippen LogP contribution in [0.5, 0.6) is 23.0 Å². The lowest BCUT2D eigenvalue weighted by atomic mass is 9.92. The van der Waals surface area contributed by atoms with E-state index in [9.17, 15) is 0 Å². The third-order valence-electron chi connectivity index (χ3n) is 10.6. The monoisotopic (exact) mass is 745 g/mol. The van der Waals surface area contributed by atoms with E-state index >= 15 is 0 Å². The van der Waals surface area contributed by atoms with Crippen molar-refractivity contribution in [1.82, 2.24) is 4.98 Å². The van der Waals surface area contributed by atoms with Crippen LogP contribution in [0, 0.1) is 0 Å². The summed E-state index contributed by atoms with van der Waals surface area (Å²) in [6, 6.07) is 56.4. The van der Waals surface area contributed by atoms with Crippen molar-refractivity contribution < 1.29 is 23.7 Å². The van der Waals surface area contributed by atoms with Crippen molar-refractivity contribution in [3.8, 4) is 45.3 Å². The van der Waals surface area contributed by atoms with Gasteiger partial charge in [-0.1, -0.05) is 121 Å². The van der Waals surface area contributed by atoms with Gasteiger partial charge >= 0.3 is 0 Å². The van der Waals surface area contributed by atoms with Gasteiger partial charge in [-0.05, 0) is 91.1 Å². The van der Waals surface area contributed by atoms with E-state index in [2.05, 4.69) is 146 Å². The van der Waals surface area contributed by atoms with Crippen molar-refractivity contribution in [2.24, 2.45) is 0 Å². The second kappa shape index (κ2) is 15.3. The molecule has 8 aromatic carbocycles. The Morgan fingerprint density at radius 1 is 0.351 bits per heavy atom. The maximum atomic E-state index is 6.72. The van der Waals surface area contributed by atoms with E-state index in [1.54, 1.807) is 0 Å². The first-order valence-corrected chi connectivity index (χ1v) is 19.4. The van der Waals surface area contributed by atoms with E-state index in [1.165, 1.54) is 0 Å². The van der Waals surface area contributed by atoms with E-state index in [1.807, 2.05) is 18.2 Å². The lowest BCUT2D eigenvalue weighted by Crippen LogP contribution is -2.12. The van der Waals surface area contributed by atoms with Crippen molar-refractivity contribution in [2.75, 3.05) is 26.4 Å². The first-order chi connectivity index (χ1) is 28.3. The molecule has 0 aliphatic carbocycles. The Balaban J connectivity index is 1.07. The topological polar surface area (TPSA) is 59.0 Å². The van der Waals surface area contributed by atoms with Crippen LogP contribution in [0.3, 0.4) is 0 Å². The maximum Gasteiger partial charge on any atom is 0.130 e. The van der Waals surface area contributed by atoms with Crippen LogP contribution in [-0.4, -0.2) is 31.4 Å². The van der Waals surface area contributed by atoms with Crippen LogP contribution >= 0.6 is 0 Å². The Morgan fingerprint density at radius 2 is 0.825 bits per heavy atom. The average molecular weight is 746 g/mol. The number of rotatable bonds is 0. The molecule has 0 fully saturated rings. The highest BCUT2D eigenvalue weighted by atomic mass is 16.5. The molecule has 1 aliphatic rings. The molecule has 1 aromatic heterocycles. The summed E-state index contributed by atoms with van der Waals surface area (Å²) >= 11 is 0. The lowest BCUT2D eigenvalue weighted by Gasteiger charge is -2.20. The zero-order valence-corrected chi connectivity index (χ0v) is 31.3. The largest absolute Gasteiger partial charge is 0.491 e. The zero-order chi connectivity index (χ0) is 38.0. The molecule has 0 N–H and O–H groups in total. The van der Waals surface area contributed by atoms with Crippen LogP contribution in [0.2, 0.25) is 0 Å². The molecule has 0 radical (unpaired) electrons. The number of pyridine rings is 1. The van der Waals surface area contributed by atoms with Crippen molar-refractivity contribution in [3.63, 3.8) is 0 Å². The molecule has 0 unspecified atom stereocenters. The van der Waals surface area contributed by atoms with Gasteiger partial charge in [0.05, 0.1) is 24.6 Å². The fourth-order valence-corrected chi connectivity index (χ4v) is 8.00. The molecule has 0 spiro atoms. The van der Waals surface area contributed by atoms with Crippen LogP contribution in [0.25, 0.3) is 65.3 Å². The number of benzene rings is 8. The van der Waals surface area contributed by atoms with Gasteiger partial charge in [-0.3, -0.25) is 4.98 Å². The van der Waals surface area contributed by atoms with Crippen LogP contribution < -0.4 is 18.9 Å². The predicted molar refractivity (Wildman–Crippen MR) is 228 cm³/mol. The third-order valence-corrected chi connectivity index (χ3v) is 10.6. The highest BCUT2D eigenvalue weighted by Crippen LogP contribution is 2.46. The molecular weight excluding hydrogens is 707 g/mol. The van der Waals surface area contributed by atoms with Gasteiger partial charge in [0, 0.05) is 16.7 Å². The molecule has 57 heavy (non-hydrogen) atoms. The fourth-order valence-electron chi connectivity index (χ4n) is 8.00. The molecule has 6 nitrogen and oxygen atoms in total. The minimum Gasteiger partial charge on any atom is -0.491 e. The molecule has 1 aliphatic heterocycles.